The molecule has 1 aromatic heterocycles. The van der Waals surface area contributed by atoms with Gasteiger partial charge < -0.3 is 10.1 Å². The van der Waals surface area contributed by atoms with Crippen molar-refractivity contribution < 1.29 is 4.74 Å². The molecule has 96 valence electrons. The zero-order chi connectivity index (χ0) is 13.0. The summed E-state index contributed by atoms with van der Waals surface area (Å²) in [4.78, 5) is 4.74. The molecule has 0 amide bonds. The third kappa shape index (κ3) is 2.62. The summed E-state index contributed by atoms with van der Waals surface area (Å²) in [6.45, 7) is 5.79. The van der Waals surface area contributed by atoms with Crippen molar-refractivity contribution in [1.82, 2.24) is 4.98 Å². The summed E-state index contributed by atoms with van der Waals surface area (Å²) >= 11 is 0. The maximum Gasteiger partial charge on any atom is 0.129 e. The first kappa shape index (κ1) is 12.8. The lowest BCUT2D eigenvalue weighted by Crippen LogP contribution is -2.04. The van der Waals surface area contributed by atoms with Crippen molar-refractivity contribution in [2.45, 2.75) is 26.9 Å². The average Bonchev–Trinajstić information content (AvgIpc) is 2.37. The van der Waals surface area contributed by atoms with Gasteiger partial charge in [-0.25, -0.2) is 4.98 Å². The molecule has 3 nitrogen and oxygen atoms in total. The summed E-state index contributed by atoms with van der Waals surface area (Å²) in [5.41, 5.74) is 3.35. The molecule has 0 bridgehead atoms. The van der Waals surface area contributed by atoms with Crippen LogP contribution in [0, 0.1) is 6.92 Å². The Labute approximate surface area is 108 Å². The Bertz CT molecular complexity index is 537. The van der Waals surface area contributed by atoms with Crippen molar-refractivity contribution in [2.75, 3.05) is 19.0 Å². The summed E-state index contributed by atoms with van der Waals surface area (Å²) < 4.78 is 5.23. The number of aryl methyl sites for hydroxylation is 1. The zero-order valence-electron chi connectivity index (χ0n) is 11.3. The van der Waals surface area contributed by atoms with Crippen LogP contribution in [0.2, 0.25) is 0 Å². The normalized spacial score (nSPS) is 10.8. The van der Waals surface area contributed by atoms with E-state index in [9.17, 15) is 0 Å². The molecular formula is C15H20N2O. The molecule has 0 aliphatic carbocycles. The highest BCUT2D eigenvalue weighted by Gasteiger charge is 2.06. The molecule has 1 N–H and O–H groups in total. The maximum absolute atomic E-state index is 5.23. The Morgan fingerprint density at radius 3 is 2.89 bits per heavy atom. The fourth-order valence-electron chi connectivity index (χ4n) is 2.06. The molecule has 1 aromatic carbocycles. The quantitative estimate of drug-likeness (QED) is 0.874. The van der Waals surface area contributed by atoms with Crippen LogP contribution in [-0.2, 0) is 11.3 Å². The van der Waals surface area contributed by atoms with Gasteiger partial charge in [0.1, 0.15) is 5.82 Å². The first-order valence-electron chi connectivity index (χ1n) is 6.38. The molecule has 0 saturated heterocycles. The Balaban J connectivity index is 2.48. The summed E-state index contributed by atoms with van der Waals surface area (Å²) in [6.07, 6.45) is 1.10. The van der Waals surface area contributed by atoms with E-state index in [1.807, 2.05) is 0 Å². The molecule has 0 unspecified atom stereocenters. The Morgan fingerprint density at radius 2 is 2.17 bits per heavy atom. The van der Waals surface area contributed by atoms with E-state index < -0.39 is 0 Å². The van der Waals surface area contributed by atoms with E-state index in [0.29, 0.717) is 6.61 Å². The monoisotopic (exact) mass is 244 g/mol. The average molecular weight is 244 g/mol. The molecule has 0 aliphatic heterocycles. The summed E-state index contributed by atoms with van der Waals surface area (Å²) in [7, 11) is 1.71. The molecule has 0 aliphatic rings. The summed E-state index contributed by atoms with van der Waals surface area (Å²) in [6, 6.07) is 8.40. The van der Waals surface area contributed by atoms with Crippen LogP contribution in [-0.4, -0.2) is 18.6 Å². The first-order chi connectivity index (χ1) is 8.76. The molecule has 0 saturated carbocycles. The number of nitrogens with zero attached hydrogens (tertiary/aromatic N) is 1. The highest BCUT2D eigenvalue weighted by molar-refractivity contribution is 5.84. The van der Waals surface area contributed by atoms with Crippen molar-refractivity contribution in [1.29, 1.82) is 0 Å². The topological polar surface area (TPSA) is 34.2 Å². The number of anilines is 1. The van der Waals surface area contributed by atoms with Crippen LogP contribution < -0.4 is 5.32 Å². The maximum atomic E-state index is 5.23. The third-order valence-corrected chi connectivity index (χ3v) is 2.96. The smallest absolute Gasteiger partial charge is 0.129 e. The van der Waals surface area contributed by atoms with Crippen LogP contribution >= 0.6 is 0 Å². The van der Waals surface area contributed by atoms with E-state index >= 15 is 0 Å². The number of rotatable bonds is 5. The van der Waals surface area contributed by atoms with Gasteiger partial charge in [-0.05, 0) is 25.0 Å². The van der Waals surface area contributed by atoms with Crippen LogP contribution in [0.1, 0.15) is 24.5 Å². The second-order valence-corrected chi connectivity index (χ2v) is 4.50. The van der Waals surface area contributed by atoms with Gasteiger partial charge in [-0.15, -0.1) is 0 Å². The number of benzene rings is 1. The molecule has 0 radical (unpaired) electrons. The van der Waals surface area contributed by atoms with Gasteiger partial charge >= 0.3 is 0 Å². The number of hydrogen-bond acceptors (Lipinski definition) is 3. The van der Waals surface area contributed by atoms with Crippen LogP contribution in [0.3, 0.4) is 0 Å². The van der Waals surface area contributed by atoms with E-state index in [1.54, 1.807) is 7.11 Å². The number of fused-ring (bicyclic) bond motifs is 1. The number of methoxy groups -OCH3 is 1. The van der Waals surface area contributed by atoms with Gasteiger partial charge in [-0.1, -0.05) is 25.1 Å². The predicted molar refractivity (Wildman–Crippen MR) is 76.0 cm³/mol. The van der Waals surface area contributed by atoms with E-state index in [4.69, 9.17) is 9.72 Å². The standard InChI is InChI=1S/C15H20N2O/c1-4-8-16-15-11(2)9-12-6-5-7-13(10-18-3)14(12)17-15/h5-7,9H,4,8,10H2,1-3H3,(H,16,17). The lowest BCUT2D eigenvalue weighted by atomic mass is 10.1. The third-order valence-electron chi connectivity index (χ3n) is 2.96. The van der Waals surface area contributed by atoms with Gasteiger partial charge in [0.25, 0.3) is 0 Å². The Kier molecular flexibility index (Phi) is 4.15. The first-order valence-corrected chi connectivity index (χ1v) is 6.38. The van der Waals surface area contributed by atoms with Crippen molar-refractivity contribution in [3.63, 3.8) is 0 Å². The minimum atomic E-state index is 0.598. The number of aromatic nitrogens is 1. The van der Waals surface area contributed by atoms with E-state index in [-0.39, 0.29) is 0 Å². The molecule has 3 heteroatoms. The number of ether oxygens (including phenoxy) is 1. The number of nitrogens with one attached hydrogen (secondary N) is 1. The lowest BCUT2D eigenvalue weighted by Gasteiger charge is -2.11. The molecule has 0 atom stereocenters. The highest BCUT2D eigenvalue weighted by atomic mass is 16.5. The van der Waals surface area contributed by atoms with Gasteiger partial charge in [0.15, 0.2) is 0 Å². The Morgan fingerprint density at radius 1 is 1.33 bits per heavy atom. The van der Waals surface area contributed by atoms with Gasteiger partial charge in [0, 0.05) is 24.6 Å². The predicted octanol–water partition coefficient (Wildman–Crippen LogP) is 3.51. The molecule has 1 heterocycles. The molecular weight excluding hydrogens is 224 g/mol. The van der Waals surface area contributed by atoms with Crippen LogP contribution in [0.4, 0.5) is 5.82 Å². The van der Waals surface area contributed by atoms with E-state index in [0.717, 1.165) is 29.9 Å². The molecule has 0 spiro atoms. The molecule has 18 heavy (non-hydrogen) atoms. The van der Waals surface area contributed by atoms with Gasteiger partial charge in [-0.2, -0.15) is 0 Å². The Hall–Kier alpha value is -1.61. The van der Waals surface area contributed by atoms with Gasteiger partial charge in [0.05, 0.1) is 12.1 Å². The minimum absolute atomic E-state index is 0.598. The van der Waals surface area contributed by atoms with E-state index in [1.165, 1.54) is 10.9 Å². The molecule has 0 fully saturated rings. The van der Waals surface area contributed by atoms with Crippen LogP contribution in [0.15, 0.2) is 24.3 Å². The van der Waals surface area contributed by atoms with E-state index in [2.05, 4.69) is 43.4 Å². The minimum Gasteiger partial charge on any atom is -0.380 e. The van der Waals surface area contributed by atoms with Crippen molar-refractivity contribution in [2.24, 2.45) is 0 Å². The van der Waals surface area contributed by atoms with Gasteiger partial charge in [-0.3, -0.25) is 0 Å². The number of hydrogen-bond donors (Lipinski definition) is 1. The number of pyridine rings is 1. The second kappa shape index (κ2) is 5.83. The largest absolute Gasteiger partial charge is 0.380 e. The van der Waals surface area contributed by atoms with Crippen molar-refractivity contribution in [3.05, 3.63) is 35.4 Å². The fraction of sp³-hybridized carbons (Fsp3) is 0.400. The fourth-order valence-corrected chi connectivity index (χ4v) is 2.06. The molecule has 2 rings (SSSR count). The summed E-state index contributed by atoms with van der Waals surface area (Å²) in [5.74, 6) is 0.980. The molecule has 2 aromatic rings. The SMILES string of the molecule is CCCNc1nc2c(COC)cccc2cc1C. The van der Waals surface area contributed by atoms with Gasteiger partial charge in [0.2, 0.25) is 0 Å². The van der Waals surface area contributed by atoms with Crippen molar-refractivity contribution >= 4 is 16.7 Å². The highest BCUT2D eigenvalue weighted by Crippen LogP contribution is 2.23. The van der Waals surface area contributed by atoms with Crippen LogP contribution in [0.5, 0.6) is 0 Å². The zero-order valence-corrected chi connectivity index (χ0v) is 11.3. The van der Waals surface area contributed by atoms with Crippen molar-refractivity contribution in [3.8, 4) is 0 Å². The summed E-state index contributed by atoms with van der Waals surface area (Å²) in [5, 5.41) is 4.54. The lowest BCUT2D eigenvalue weighted by molar-refractivity contribution is 0.186. The number of para-hydroxylation sites is 1. The van der Waals surface area contributed by atoms with Crippen LogP contribution in [0.25, 0.3) is 10.9 Å². The second-order valence-electron chi connectivity index (χ2n) is 4.50.